The summed E-state index contributed by atoms with van der Waals surface area (Å²) in [7, 11) is 0. The standard InChI is InChI=1S/C44H27NO/c1-3-11-28(12-4-1)32-24-26-41-43-35(32)18-9-19-36(43)38-27-30(22-25-40(38)46-41)33-17-10-20-39-42(33)37-23-21-29-13-7-8-16-34(29)44(37)45(39)31-14-5-2-6-15-31/h1-27H/i1D,2D,3D,4D,5D,6D,7D,8D,10D,11D,12D,13D,14D,15D,16D,17D,20D,21D,23D. The summed E-state index contributed by atoms with van der Waals surface area (Å²) < 4.78 is 175. The third kappa shape index (κ3) is 3.59. The van der Waals surface area contributed by atoms with Gasteiger partial charge in [0, 0.05) is 32.8 Å². The Morgan fingerprint density at radius 1 is 0.478 bits per heavy atom. The Morgan fingerprint density at radius 2 is 1.28 bits per heavy atom. The average Bonchev–Trinajstić information content (AvgIpc) is 3.63. The van der Waals surface area contributed by atoms with Crippen LogP contribution in [0, 0.1) is 0 Å². The Labute approximate surface area is 293 Å². The molecule has 214 valence electrons. The number of nitrogens with zero attached hydrogens (tertiary/aromatic N) is 1. The molecule has 10 rings (SSSR count). The molecular formula is C44H27NO. The second kappa shape index (κ2) is 9.69. The fourth-order valence-corrected chi connectivity index (χ4v) is 6.40. The number of fused-ring (bicyclic) bond motifs is 7. The number of hydrogen-bond donors (Lipinski definition) is 0. The lowest BCUT2D eigenvalue weighted by molar-refractivity contribution is 0.487. The Morgan fingerprint density at radius 3 is 2.17 bits per heavy atom. The van der Waals surface area contributed by atoms with Crippen molar-refractivity contribution in [2.24, 2.45) is 0 Å². The maximum absolute atomic E-state index is 9.47. The molecule has 1 aliphatic heterocycles. The minimum absolute atomic E-state index is 0.0215. The Hall–Kier alpha value is -6.12. The third-order valence-electron chi connectivity index (χ3n) is 8.29. The maximum atomic E-state index is 9.47. The van der Waals surface area contributed by atoms with Crippen LogP contribution < -0.4 is 4.74 Å². The maximum Gasteiger partial charge on any atom is 0.135 e. The van der Waals surface area contributed by atoms with Crippen molar-refractivity contribution in [3.8, 4) is 50.6 Å². The molecule has 0 N–H and O–H groups in total. The molecule has 0 spiro atoms. The van der Waals surface area contributed by atoms with Crippen LogP contribution in [0.4, 0.5) is 0 Å². The van der Waals surface area contributed by atoms with Gasteiger partial charge in [-0.3, -0.25) is 0 Å². The molecule has 0 amide bonds. The molecule has 9 aromatic rings. The van der Waals surface area contributed by atoms with Gasteiger partial charge in [0.25, 0.3) is 0 Å². The Balaban J connectivity index is 1.36. The summed E-state index contributed by atoms with van der Waals surface area (Å²) in [6, 6.07) is 1.13. The van der Waals surface area contributed by atoms with E-state index in [0.717, 1.165) is 4.57 Å². The molecule has 2 heterocycles. The van der Waals surface area contributed by atoms with Crippen LogP contribution in [0.15, 0.2) is 163 Å². The van der Waals surface area contributed by atoms with Crippen molar-refractivity contribution >= 4 is 43.4 Å². The first-order chi connectivity index (χ1) is 30.7. The fourth-order valence-electron chi connectivity index (χ4n) is 6.40. The molecule has 2 heteroatoms. The molecule has 0 fully saturated rings. The smallest absolute Gasteiger partial charge is 0.135 e. The van der Waals surface area contributed by atoms with E-state index in [1.165, 1.54) is 0 Å². The van der Waals surface area contributed by atoms with E-state index in [-0.39, 0.29) is 43.9 Å². The summed E-state index contributed by atoms with van der Waals surface area (Å²) in [4.78, 5) is 0. The minimum Gasteiger partial charge on any atom is -0.456 e. The zero-order chi connectivity index (χ0) is 46.7. The lowest BCUT2D eigenvalue weighted by atomic mass is 9.89. The molecule has 1 aliphatic rings. The van der Waals surface area contributed by atoms with E-state index in [2.05, 4.69) is 0 Å². The molecule has 46 heavy (non-hydrogen) atoms. The first-order valence-electron chi connectivity index (χ1n) is 23.7. The van der Waals surface area contributed by atoms with Gasteiger partial charge in [-0.2, -0.15) is 0 Å². The van der Waals surface area contributed by atoms with Gasteiger partial charge in [0.15, 0.2) is 0 Å². The van der Waals surface area contributed by atoms with E-state index < -0.39 is 126 Å². The monoisotopic (exact) mass is 604 g/mol. The summed E-state index contributed by atoms with van der Waals surface area (Å²) in [5.41, 5.74) is 0.257. The first kappa shape index (κ1) is 13.1. The molecule has 0 bridgehead atoms. The predicted octanol–water partition coefficient (Wildman–Crippen LogP) is 12.2. The molecule has 2 nitrogen and oxygen atoms in total. The lowest BCUT2D eigenvalue weighted by Crippen LogP contribution is -1.98. The largest absolute Gasteiger partial charge is 0.456 e. The number of hydrogen-bond acceptors (Lipinski definition) is 1. The molecule has 0 saturated heterocycles. The molecule has 0 atom stereocenters. The highest BCUT2D eigenvalue weighted by atomic mass is 16.5. The lowest BCUT2D eigenvalue weighted by Gasteiger charge is -2.23. The van der Waals surface area contributed by atoms with E-state index in [1.807, 2.05) is 0 Å². The van der Waals surface area contributed by atoms with E-state index in [1.54, 1.807) is 48.5 Å². The van der Waals surface area contributed by atoms with Crippen molar-refractivity contribution in [2.75, 3.05) is 0 Å². The average molecular weight is 605 g/mol. The zero-order valence-electron chi connectivity index (χ0n) is 42.5. The van der Waals surface area contributed by atoms with Crippen LogP contribution in [0.25, 0.3) is 82.4 Å². The fraction of sp³-hybridized carbons (Fsp3) is 0. The van der Waals surface area contributed by atoms with Gasteiger partial charge < -0.3 is 9.30 Å². The first-order valence-corrected chi connectivity index (χ1v) is 14.2. The molecule has 8 aromatic carbocycles. The molecule has 0 saturated carbocycles. The van der Waals surface area contributed by atoms with Gasteiger partial charge in [0.05, 0.1) is 37.1 Å². The highest BCUT2D eigenvalue weighted by Crippen LogP contribution is 2.50. The van der Waals surface area contributed by atoms with Gasteiger partial charge in [0.2, 0.25) is 0 Å². The van der Waals surface area contributed by atoms with Crippen LogP contribution in [-0.4, -0.2) is 4.57 Å². The topological polar surface area (TPSA) is 14.2 Å². The summed E-state index contributed by atoms with van der Waals surface area (Å²) in [5, 5.41) is -0.122. The summed E-state index contributed by atoms with van der Waals surface area (Å²) >= 11 is 0. The third-order valence-corrected chi connectivity index (χ3v) is 8.29. The van der Waals surface area contributed by atoms with Gasteiger partial charge in [-0.15, -0.1) is 0 Å². The van der Waals surface area contributed by atoms with Crippen molar-refractivity contribution in [1.29, 1.82) is 0 Å². The second-order valence-electron chi connectivity index (χ2n) is 10.7. The number of benzene rings is 8. The highest BCUT2D eigenvalue weighted by molar-refractivity contribution is 6.22. The SMILES string of the molecule is [2H]c1c([2H])c([2H])c(-c2ccc3c4c(cccc24)-c2cc(-c4c([2H])c([2H])c([2H])c5c4c4c([2H])c([2H])c6c([2H])c([2H])c([2H])c([2H])c6c4n5-c4c([2H])c([2H])c([2H])c([2H])c4[2H])ccc2O3)c([2H])c1[2H]. The highest BCUT2D eigenvalue weighted by Gasteiger charge is 2.24. The van der Waals surface area contributed by atoms with Crippen LogP contribution in [0.1, 0.15) is 26.0 Å². The molecule has 0 radical (unpaired) electrons. The number of rotatable bonds is 3. The van der Waals surface area contributed by atoms with Crippen molar-refractivity contribution in [2.45, 2.75) is 0 Å². The van der Waals surface area contributed by atoms with Gasteiger partial charge in [0.1, 0.15) is 11.5 Å². The Bertz CT molecular complexity index is 3690. The number of para-hydroxylation sites is 1. The molecular weight excluding hydrogens is 558 g/mol. The van der Waals surface area contributed by atoms with Crippen LogP contribution in [0.5, 0.6) is 11.5 Å². The number of aromatic nitrogens is 1. The summed E-state index contributed by atoms with van der Waals surface area (Å²) in [5.74, 6) is 0.732. The van der Waals surface area contributed by atoms with Crippen LogP contribution in [0.3, 0.4) is 0 Å². The van der Waals surface area contributed by atoms with Crippen LogP contribution in [0.2, 0.25) is 0 Å². The van der Waals surface area contributed by atoms with E-state index in [0.29, 0.717) is 39.0 Å². The van der Waals surface area contributed by atoms with Gasteiger partial charge in [-0.05, 0) is 74.9 Å². The van der Waals surface area contributed by atoms with Crippen LogP contribution in [-0.2, 0) is 0 Å². The van der Waals surface area contributed by atoms with Crippen molar-refractivity contribution in [3.05, 3.63) is 163 Å². The molecule has 0 unspecified atom stereocenters. The summed E-state index contributed by atoms with van der Waals surface area (Å²) in [6.45, 7) is 0. The second-order valence-corrected chi connectivity index (χ2v) is 10.7. The van der Waals surface area contributed by atoms with Gasteiger partial charge in [-0.25, -0.2) is 0 Å². The van der Waals surface area contributed by atoms with Crippen molar-refractivity contribution in [3.63, 3.8) is 0 Å². The van der Waals surface area contributed by atoms with E-state index in [9.17, 15) is 4.11 Å². The summed E-state index contributed by atoms with van der Waals surface area (Å²) in [6.07, 6.45) is 0. The molecule has 0 aliphatic carbocycles. The van der Waals surface area contributed by atoms with Crippen molar-refractivity contribution in [1.82, 2.24) is 4.57 Å². The quantitative estimate of drug-likeness (QED) is 0.196. The minimum atomic E-state index is -0.778. The van der Waals surface area contributed by atoms with Crippen molar-refractivity contribution < 1.29 is 30.8 Å². The van der Waals surface area contributed by atoms with E-state index >= 15 is 0 Å². The van der Waals surface area contributed by atoms with Gasteiger partial charge >= 0.3 is 0 Å². The van der Waals surface area contributed by atoms with E-state index in [4.69, 9.17) is 26.7 Å². The predicted molar refractivity (Wildman–Crippen MR) is 192 cm³/mol. The normalized spacial score (nSPS) is 17.9. The van der Waals surface area contributed by atoms with Crippen LogP contribution >= 0.6 is 0 Å². The zero-order valence-corrected chi connectivity index (χ0v) is 23.5. The number of ether oxygens (including phenoxy) is 1. The Kier molecular flexibility index (Phi) is 2.76. The van der Waals surface area contributed by atoms with Gasteiger partial charge in [-0.1, -0.05) is 127 Å². The molecule has 1 aromatic heterocycles.